The second-order valence-corrected chi connectivity index (χ2v) is 10.1. The van der Waals surface area contributed by atoms with Crippen molar-refractivity contribution in [1.82, 2.24) is 0 Å². The van der Waals surface area contributed by atoms with Gasteiger partial charge in [0, 0.05) is 11.0 Å². The standard InChI is InChI=1S/2C16H13.C6H14.C2H5.2ClH.Si.Zr/c2*1-12-10-14-8-5-9-15(16(14)11-12)13-6-3-2-4-7-13;1-3-5-6-4-2;1-2;;;;/h2*2-11H,1H3;3-6H2,1-2H3;1H2,2H3;2*1H;;/q2*-1;;-1;;;;+3. The largest absolute Gasteiger partial charge is 3.00 e. The predicted molar refractivity (Wildman–Crippen MR) is 201 cm³/mol. The number of rotatable bonds is 5. The van der Waals surface area contributed by atoms with Crippen LogP contribution >= 0.6 is 24.8 Å². The Balaban J connectivity index is 0. The summed E-state index contributed by atoms with van der Waals surface area (Å²) in [6, 6.07) is 43.1. The first kappa shape index (κ1) is 43.9. The first-order valence-corrected chi connectivity index (χ1v) is 14.7. The molecule has 0 aliphatic carbocycles. The SMILES string of the molecule is CCCCCC.Cc1cc2c(-c3ccccc3)cccc2[cH-]1.Cc1cc2c(-c3ccccc3)cccc2[cH-]1.Cl.Cl.[CH2-]C.[Si].[Zr+3]. The molecule has 0 N–H and O–H groups in total. The van der Waals surface area contributed by atoms with Crippen molar-refractivity contribution in [3.05, 3.63) is 139 Å². The molecule has 6 rings (SSSR count). The molecular weight excluding hydrogens is 671 g/mol. The molecule has 0 unspecified atom stereocenters. The summed E-state index contributed by atoms with van der Waals surface area (Å²) in [6.45, 7) is 13.8. The first-order valence-electron chi connectivity index (χ1n) is 14.7. The summed E-state index contributed by atoms with van der Waals surface area (Å²) in [5.74, 6) is 0. The minimum Gasteiger partial charge on any atom is -0.346 e. The number of unbranched alkanes of at least 4 members (excludes halogenated alkanes) is 3. The Morgan fingerprint density at radius 2 is 0.864 bits per heavy atom. The van der Waals surface area contributed by atoms with Crippen LogP contribution in [0, 0.1) is 20.8 Å². The van der Waals surface area contributed by atoms with E-state index in [1.165, 1.54) is 80.6 Å². The summed E-state index contributed by atoms with van der Waals surface area (Å²) in [4.78, 5) is 0. The monoisotopic (exact) mass is 715 g/mol. The smallest absolute Gasteiger partial charge is 0.346 e. The quantitative estimate of drug-likeness (QED) is 0.0946. The molecule has 44 heavy (non-hydrogen) atoms. The minimum absolute atomic E-state index is 0. The van der Waals surface area contributed by atoms with Crippen LogP contribution in [0.3, 0.4) is 0 Å². The van der Waals surface area contributed by atoms with E-state index in [-0.39, 0.29) is 62.0 Å². The molecule has 0 aliphatic rings. The Morgan fingerprint density at radius 3 is 1.18 bits per heavy atom. The van der Waals surface area contributed by atoms with Crippen LogP contribution in [0.1, 0.15) is 57.6 Å². The molecule has 0 bridgehead atoms. The van der Waals surface area contributed by atoms with Crippen LogP contribution in [0.2, 0.25) is 0 Å². The fraction of sp³-hybridized carbons (Fsp3) is 0.225. The Labute approximate surface area is 303 Å². The number of halogens is 2. The fourth-order valence-electron chi connectivity index (χ4n) is 5.01. The van der Waals surface area contributed by atoms with E-state index in [0.717, 1.165) is 0 Å². The zero-order valence-corrected chi connectivity index (χ0v) is 32.0. The van der Waals surface area contributed by atoms with Crippen molar-refractivity contribution in [2.24, 2.45) is 0 Å². The number of hydrogen-bond donors (Lipinski definition) is 0. The van der Waals surface area contributed by atoms with Gasteiger partial charge < -0.3 is 6.92 Å². The molecular formula is C40H47Cl2SiZr. The Morgan fingerprint density at radius 1 is 0.523 bits per heavy atom. The van der Waals surface area contributed by atoms with Crippen LogP contribution in [0.15, 0.2) is 121 Å². The third-order valence-corrected chi connectivity index (χ3v) is 6.92. The predicted octanol–water partition coefficient (Wildman–Crippen LogP) is 13.0. The van der Waals surface area contributed by atoms with Crippen molar-refractivity contribution < 1.29 is 26.2 Å². The Kier molecular flexibility index (Phi) is 24.0. The van der Waals surface area contributed by atoms with Gasteiger partial charge in [-0.25, -0.2) is 0 Å². The summed E-state index contributed by atoms with van der Waals surface area (Å²) in [5.41, 5.74) is 7.89. The third-order valence-electron chi connectivity index (χ3n) is 6.92. The molecule has 0 heterocycles. The number of fused-ring (bicyclic) bond motifs is 2. The van der Waals surface area contributed by atoms with Crippen molar-refractivity contribution in [2.75, 3.05) is 0 Å². The van der Waals surface area contributed by atoms with E-state index in [1.54, 1.807) is 6.92 Å². The summed E-state index contributed by atoms with van der Waals surface area (Å²) in [7, 11) is 0. The van der Waals surface area contributed by atoms with Gasteiger partial charge in [-0.15, -0.1) is 93.9 Å². The second kappa shape index (κ2) is 24.1. The van der Waals surface area contributed by atoms with Gasteiger partial charge in [0.15, 0.2) is 0 Å². The molecule has 0 fully saturated rings. The Bertz CT molecular complexity index is 1430. The molecule has 0 saturated carbocycles. The van der Waals surface area contributed by atoms with E-state index in [2.05, 4.69) is 156 Å². The molecule has 5 radical (unpaired) electrons. The summed E-state index contributed by atoms with van der Waals surface area (Å²) < 4.78 is 0. The summed E-state index contributed by atoms with van der Waals surface area (Å²) in [5, 5.41) is 5.37. The molecule has 6 aromatic carbocycles. The summed E-state index contributed by atoms with van der Waals surface area (Å²) in [6.07, 6.45) is 5.54. The molecule has 0 aliphatic heterocycles. The zero-order chi connectivity index (χ0) is 28.7. The van der Waals surface area contributed by atoms with Gasteiger partial charge in [0.2, 0.25) is 0 Å². The van der Waals surface area contributed by atoms with Gasteiger partial charge in [-0.2, -0.15) is 19.1 Å². The molecule has 0 nitrogen and oxygen atoms in total. The zero-order valence-electron chi connectivity index (χ0n) is 26.9. The second-order valence-electron chi connectivity index (χ2n) is 10.1. The maximum atomic E-state index is 3.25. The molecule has 0 aromatic heterocycles. The van der Waals surface area contributed by atoms with Crippen molar-refractivity contribution in [3.8, 4) is 22.3 Å². The van der Waals surface area contributed by atoms with Crippen LogP contribution in [0.4, 0.5) is 0 Å². The van der Waals surface area contributed by atoms with Gasteiger partial charge in [-0.3, -0.25) is 0 Å². The normalized spacial score (nSPS) is 9.23. The fourth-order valence-corrected chi connectivity index (χ4v) is 5.01. The van der Waals surface area contributed by atoms with Gasteiger partial charge in [-0.1, -0.05) is 137 Å². The van der Waals surface area contributed by atoms with E-state index in [0.29, 0.717) is 0 Å². The van der Waals surface area contributed by atoms with E-state index >= 15 is 0 Å². The van der Waals surface area contributed by atoms with E-state index < -0.39 is 0 Å². The molecule has 229 valence electrons. The van der Waals surface area contributed by atoms with Crippen LogP contribution < -0.4 is 0 Å². The van der Waals surface area contributed by atoms with Crippen molar-refractivity contribution >= 4 is 57.3 Å². The molecule has 6 aromatic rings. The number of aryl methyl sites for hydroxylation is 2. The van der Waals surface area contributed by atoms with Crippen LogP contribution in [0.5, 0.6) is 0 Å². The molecule has 4 heteroatoms. The molecule has 0 saturated heterocycles. The number of benzene rings is 4. The summed E-state index contributed by atoms with van der Waals surface area (Å²) >= 11 is 0. The Hall–Kier alpha value is -2.22. The van der Waals surface area contributed by atoms with Gasteiger partial charge >= 0.3 is 26.2 Å². The van der Waals surface area contributed by atoms with E-state index in [9.17, 15) is 0 Å². The first-order chi connectivity index (χ1) is 19.6. The van der Waals surface area contributed by atoms with Gasteiger partial charge in [0.1, 0.15) is 0 Å². The van der Waals surface area contributed by atoms with Crippen LogP contribution in [-0.2, 0) is 26.2 Å². The minimum atomic E-state index is 0. The van der Waals surface area contributed by atoms with Gasteiger partial charge in [0.25, 0.3) is 0 Å². The van der Waals surface area contributed by atoms with E-state index in [4.69, 9.17) is 0 Å². The molecule has 0 atom stereocenters. The number of hydrogen-bond acceptors (Lipinski definition) is 0. The van der Waals surface area contributed by atoms with Gasteiger partial charge in [-0.05, 0) is 11.1 Å². The van der Waals surface area contributed by atoms with Crippen molar-refractivity contribution in [2.45, 2.75) is 60.3 Å². The van der Waals surface area contributed by atoms with Crippen LogP contribution in [-0.4, -0.2) is 11.0 Å². The topological polar surface area (TPSA) is 0 Å². The average Bonchev–Trinajstić information content (AvgIpc) is 3.59. The van der Waals surface area contributed by atoms with Crippen molar-refractivity contribution in [1.29, 1.82) is 0 Å². The van der Waals surface area contributed by atoms with Crippen LogP contribution in [0.25, 0.3) is 43.8 Å². The van der Waals surface area contributed by atoms with E-state index in [1.807, 2.05) is 0 Å². The maximum Gasteiger partial charge on any atom is 3.00 e. The van der Waals surface area contributed by atoms with Gasteiger partial charge in [0.05, 0.1) is 0 Å². The molecule has 0 amide bonds. The molecule has 0 spiro atoms. The van der Waals surface area contributed by atoms with Crippen molar-refractivity contribution in [3.63, 3.8) is 0 Å². The maximum absolute atomic E-state index is 3.25. The third kappa shape index (κ3) is 12.6. The average molecular weight is 718 g/mol.